The molecule has 0 bridgehead atoms. The van der Waals surface area contributed by atoms with Gasteiger partial charge in [0.2, 0.25) is 0 Å². The van der Waals surface area contributed by atoms with E-state index >= 15 is 0 Å². The molecule has 5 nitrogen and oxygen atoms in total. The summed E-state index contributed by atoms with van der Waals surface area (Å²) in [4.78, 5) is 13.5. The Morgan fingerprint density at radius 2 is 2.11 bits per heavy atom. The fraction of sp³-hybridized carbons (Fsp3) is 0.182. The Bertz CT molecular complexity index is 615. The van der Waals surface area contributed by atoms with Crippen molar-refractivity contribution in [1.29, 1.82) is 0 Å². The van der Waals surface area contributed by atoms with Crippen LogP contribution in [0.3, 0.4) is 0 Å². The second-order valence-corrected chi connectivity index (χ2v) is 4.57. The maximum absolute atomic E-state index is 11.6. The van der Waals surface area contributed by atoms with Gasteiger partial charge in [0, 0.05) is 25.8 Å². The minimum atomic E-state index is -0.509. The second-order valence-electron chi connectivity index (χ2n) is 3.68. The molecule has 0 N–H and O–H groups in total. The minimum absolute atomic E-state index is 0.0593. The first-order valence-electron chi connectivity index (χ1n) is 5.05. The molecule has 2 aromatic rings. The third kappa shape index (κ3) is 2.77. The molecule has 0 aliphatic rings. The lowest BCUT2D eigenvalue weighted by Crippen LogP contribution is -2.09. The van der Waals surface area contributed by atoms with Crippen molar-refractivity contribution in [2.24, 2.45) is 0 Å². The zero-order valence-corrected chi connectivity index (χ0v) is 11.3. The molecule has 1 aromatic carbocycles. The largest absolute Gasteiger partial charge is 0.435 e. The number of ether oxygens (including phenoxy) is 1. The number of halogens is 1. The Balaban J connectivity index is 2.32. The van der Waals surface area contributed by atoms with E-state index < -0.39 is 5.43 Å². The van der Waals surface area contributed by atoms with E-state index in [9.17, 15) is 4.79 Å². The van der Waals surface area contributed by atoms with Gasteiger partial charge in [-0.3, -0.25) is 4.79 Å². The van der Waals surface area contributed by atoms with Gasteiger partial charge in [-0.1, -0.05) is 17.7 Å². The summed E-state index contributed by atoms with van der Waals surface area (Å²) in [5.41, 5.74) is 0.453. The smallest absolute Gasteiger partial charge is 0.283 e. The maximum atomic E-state index is 11.6. The third-order valence-electron chi connectivity index (χ3n) is 2.17. The van der Waals surface area contributed by atoms with Gasteiger partial charge in [0.15, 0.2) is 5.15 Å². The van der Waals surface area contributed by atoms with E-state index in [0.29, 0.717) is 5.75 Å². The number of rotatable bonds is 3. The van der Waals surface area contributed by atoms with Crippen LogP contribution >= 0.6 is 23.3 Å². The Labute approximate surface area is 113 Å². The van der Waals surface area contributed by atoms with Crippen LogP contribution in [0.1, 0.15) is 0 Å². The van der Waals surface area contributed by atoms with Gasteiger partial charge in [0.1, 0.15) is 5.75 Å². The van der Waals surface area contributed by atoms with Crippen LogP contribution in [0.4, 0.5) is 5.69 Å². The molecule has 0 unspecified atom stereocenters. The number of hydrogen-bond acceptors (Lipinski definition) is 6. The molecule has 0 aliphatic carbocycles. The van der Waals surface area contributed by atoms with Crippen molar-refractivity contribution in [3.8, 4) is 11.6 Å². The maximum Gasteiger partial charge on any atom is 0.283 e. The van der Waals surface area contributed by atoms with Gasteiger partial charge in [-0.2, -0.15) is 4.37 Å². The molecule has 7 heteroatoms. The van der Waals surface area contributed by atoms with E-state index in [2.05, 4.69) is 8.75 Å². The van der Waals surface area contributed by atoms with Crippen LogP contribution in [0.25, 0.3) is 0 Å². The number of anilines is 1. The van der Waals surface area contributed by atoms with E-state index in [1.54, 1.807) is 12.1 Å². The first kappa shape index (κ1) is 12.8. The number of benzene rings is 1. The van der Waals surface area contributed by atoms with Crippen molar-refractivity contribution >= 4 is 29.0 Å². The van der Waals surface area contributed by atoms with Crippen LogP contribution in [0.5, 0.6) is 11.6 Å². The molecule has 2 rings (SSSR count). The number of aromatic nitrogens is 2. The minimum Gasteiger partial charge on any atom is -0.435 e. The fourth-order valence-electron chi connectivity index (χ4n) is 1.27. The summed E-state index contributed by atoms with van der Waals surface area (Å²) in [6, 6.07) is 7.31. The average Bonchev–Trinajstić information content (AvgIpc) is 2.35. The molecule has 0 aliphatic heterocycles. The summed E-state index contributed by atoms with van der Waals surface area (Å²) in [6.45, 7) is 0. The lowest BCUT2D eigenvalue weighted by Gasteiger charge is -2.13. The molecule has 0 spiro atoms. The van der Waals surface area contributed by atoms with Crippen LogP contribution < -0.4 is 15.1 Å². The lowest BCUT2D eigenvalue weighted by atomic mass is 10.3. The van der Waals surface area contributed by atoms with Gasteiger partial charge >= 0.3 is 0 Å². The van der Waals surface area contributed by atoms with Gasteiger partial charge < -0.3 is 9.64 Å². The van der Waals surface area contributed by atoms with Gasteiger partial charge in [-0.25, -0.2) is 0 Å². The first-order chi connectivity index (χ1) is 8.58. The molecule has 0 saturated carbocycles. The van der Waals surface area contributed by atoms with Crippen molar-refractivity contribution < 1.29 is 4.74 Å². The molecule has 94 valence electrons. The molecule has 0 saturated heterocycles. The predicted octanol–water partition coefficient (Wildman–Crippen LogP) is 2.41. The van der Waals surface area contributed by atoms with Crippen molar-refractivity contribution in [3.05, 3.63) is 39.6 Å². The van der Waals surface area contributed by atoms with Crippen molar-refractivity contribution in [2.75, 3.05) is 19.0 Å². The SMILES string of the molecule is CN(C)c1cccc(Oc2nsnc(Cl)c2=O)c1. The summed E-state index contributed by atoms with van der Waals surface area (Å²) in [7, 11) is 3.84. The Kier molecular flexibility index (Phi) is 3.78. The molecule has 18 heavy (non-hydrogen) atoms. The molecule has 0 fully saturated rings. The summed E-state index contributed by atoms with van der Waals surface area (Å²) < 4.78 is 12.8. The number of hydrogen-bond donors (Lipinski definition) is 0. The highest BCUT2D eigenvalue weighted by Crippen LogP contribution is 2.22. The first-order valence-corrected chi connectivity index (χ1v) is 6.16. The van der Waals surface area contributed by atoms with Crippen LogP contribution in [0, 0.1) is 0 Å². The van der Waals surface area contributed by atoms with Gasteiger partial charge in [0.05, 0.1) is 11.7 Å². The number of nitrogens with zero attached hydrogens (tertiary/aromatic N) is 3. The van der Waals surface area contributed by atoms with Crippen LogP contribution in [-0.4, -0.2) is 22.8 Å². The summed E-state index contributed by atoms with van der Waals surface area (Å²) in [5.74, 6) is 0.469. The molecular formula is C11H10ClN3O2S. The standard InChI is InChI=1S/C11H10ClN3O2S/c1-15(2)7-4-3-5-8(6-7)17-11-9(16)10(12)13-18-14-11/h3-6H,1-2H3. The van der Waals surface area contributed by atoms with E-state index in [0.717, 1.165) is 17.4 Å². The highest BCUT2D eigenvalue weighted by atomic mass is 35.5. The molecule has 0 amide bonds. The Morgan fingerprint density at radius 3 is 2.83 bits per heavy atom. The zero-order valence-electron chi connectivity index (χ0n) is 9.75. The quantitative estimate of drug-likeness (QED) is 0.866. The van der Waals surface area contributed by atoms with E-state index in [4.69, 9.17) is 16.3 Å². The van der Waals surface area contributed by atoms with Crippen LogP contribution in [0.2, 0.25) is 5.15 Å². The van der Waals surface area contributed by atoms with Crippen molar-refractivity contribution in [2.45, 2.75) is 0 Å². The zero-order chi connectivity index (χ0) is 13.1. The van der Waals surface area contributed by atoms with Crippen molar-refractivity contribution in [1.82, 2.24) is 8.75 Å². The van der Waals surface area contributed by atoms with Gasteiger partial charge in [-0.05, 0) is 12.1 Å². The Hall–Kier alpha value is -1.66. The van der Waals surface area contributed by atoms with Crippen LogP contribution in [-0.2, 0) is 0 Å². The highest BCUT2D eigenvalue weighted by molar-refractivity contribution is 6.99. The van der Waals surface area contributed by atoms with Crippen molar-refractivity contribution in [3.63, 3.8) is 0 Å². The van der Waals surface area contributed by atoms with E-state index in [-0.39, 0.29) is 11.0 Å². The highest BCUT2D eigenvalue weighted by Gasteiger charge is 2.09. The van der Waals surface area contributed by atoms with E-state index in [1.165, 1.54) is 0 Å². The molecule has 1 heterocycles. The molecule has 0 atom stereocenters. The van der Waals surface area contributed by atoms with Gasteiger partial charge in [-0.15, -0.1) is 4.37 Å². The molecule has 1 aromatic heterocycles. The summed E-state index contributed by atoms with van der Waals surface area (Å²) >= 11 is 6.45. The van der Waals surface area contributed by atoms with Gasteiger partial charge in [0.25, 0.3) is 11.3 Å². The normalized spacial score (nSPS) is 10.2. The lowest BCUT2D eigenvalue weighted by molar-refractivity contribution is 0.462. The monoisotopic (exact) mass is 283 g/mol. The van der Waals surface area contributed by atoms with Crippen LogP contribution in [0.15, 0.2) is 29.1 Å². The van der Waals surface area contributed by atoms with E-state index in [1.807, 2.05) is 31.1 Å². The Morgan fingerprint density at radius 1 is 1.33 bits per heavy atom. The average molecular weight is 284 g/mol. The third-order valence-corrected chi connectivity index (χ3v) is 3.04. The fourth-order valence-corrected chi connectivity index (χ4v) is 1.83. The predicted molar refractivity (Wildman–Crippen MR) is 72.0 cm³/mol. The molecular weight excluding hydrogens is 274 g/mol. The molecule has 0 radical (unpaired) electrons. The summed E-state index contributed by atoms with van der Waals surface area (Å²) in [5, 5.41) is -0.131. The summed E-state index contributed by atoms with van der Waals surface area (Å²) in [6.07, 6.45) is 0. The second kappa shape index (κ2) is 5.32. The topological polar surface area (TPSA) is 55.3 Å².